The van der Waals surface area contributed by atoms with Gasteiger partial charge in [0.15, 0.2) is 18.2 Å². The number of benzene rings is 2. The summed E-state index contributed by atoms with van der Waals surface area (Å²) in [5.41, 5.74) is 6.32. The van der Waals surface area contributed by atoms with Gasteiger partial charge < -0.3 is 20.5 Å². The predicted molar refractivity (Wildman–Crippen MR) is 77.9 cm³/mol. The summed E-state index contributed by atoms with van der Waals surface area (Å²) in [5.74, 6) is -0.328. The molecule has 2 rings (SSSR count). The van der Waals surface area contributed by atoms with Crippen LogP contribution in [0.25, 0.3) is 0 Å². The van der Waals surface area contributed by atoms with Crippen LogP contribution < -0.4 is 20.5 Å². The topological polar surface area (TPSA) is 73.6 Å². The third-order valence-corrected chi connectivity index (χ3v) is 2.69. The average Bonchev–Trinajstić information content (AvgIpc) is 2.47. The summed E-state index contributed by atoms with van der Waals surface area (Å²) >= 11 is 0. The van der Waals surface area contributed by atoms with Gasteiger partial charge in [-0.15, -0.1) is 0 Å². The molecule has 2 aromatic carbocycles. The predicted octanol–water partition coefficient (Wildman–Crippen LogP) is 2.43. The lowest BCUT2D eigenvalue weighted by molar-refractivity contribution is -0.118. The monoisotopic (exact) mass is 290 g/mol. The second-order valence-corrected chi connectivity index (χ2v) is 4.26. The third-order valence-electron chi connectivity index (χ3n) is 2.69. The number of hydrogen-bond acceptors (Lipinski definition) is 4. The van der Waals surface area contributed by atoms with E-state index in [2.05, 4.69) is 5.32 Å². The van der Waals surface area contributed by atoms with Crippen molar-refractivity contribution in [2.45, 2.75) is 0 Å². The minimum atomic E-state index is -0.604. The molecule has 0 saturated carbocycles. The second-order valence-electron chi connectivity index (χ2n) is 4.26. The molecule has 0 unspecified atom stereocenters. The summed E-state index contributed by atoms with van der Waals surface area (Å²) in [4.78, 5) is 11.7. The lowest BCUT2D eigenvalue weighted by atomic mass is 10.3. The first-order valence-corrected chi connectivity index (χ1v) is 6.20. The van der Waals surface area contributed by atoms with E-state index in [1.54, 1.807) is 31.4 Å². The van der Waals surface area contributed by atoms with Gasteiger partial charge in [0.1, 0.15) is 5.75 Å². The van der Waals surface area contributed by atoms with E-state index in [0.29, 0.717) is 17.1 Å². The number of hydrogen-bond donors (Lipinski definition) is 2. The highest BCUT2D eigenvalue weighted by Crippen LogP contribution is 2.19. The summed E-state index contributed by atoms with van der Waals surface area (Å²) < 4.78 is 23.6. The van der Waals surface area contributed by atoms with E-state index in [9.17, 15) is 9.18 Å². The molecule has 6 heteroatoms. The fourth-order valence-corrected chi connectivity index (χ4v) is 1.65. The number of nitrogens with two attached hydrogens (primary N) is 1. The van der Waals surface area contributed by atoms with E-state index in [4.69, 9.17) is 15.2 Å². The molecule has 0 fully saturated rings. The van der Waals surface area contributed by atoms with Crippen molar-refractivity contribution < 1.29 is 18.7 Å². The van der Waals surface area contributed by atoms with Gasteiger partial charge in [-0.1, -0.05) is 0 Å². The highest BCUT2D eigenvalue weighted by atomic mass is 19.1. The van der Waals surface area contributed by atoms with Crippen molar-refractivity contribution in [2.75, 3.05) is 24.8 Å². The van der Waals surface area contributed by atoms with E-state index in [1.807, 2.05) is 0 Å². The Labute approximate surface area is 121 Å². The van der Waals surface area contributed by atoms with Crippen LogP contribution in [-0.2, 0) is 4.79 Å². The Balaban J connectivity index is 1.89. The van der Waals surface area contributed by atoms with E-state index in [1.165, 1.54) is 12.1 Å². The van der Waals surface area contributed by atoms with Crippen LogP contribution in [-0.4, -0.2) is 19.6 Å². The van der Waals surface area contributed by atoms with Crippen LogP contribution in [0.5, 0.6) is 11.5 Å². The quantitative estimate of drug-likeness (QED) is 0.829. The van der Waals surface area contributed by atoms with Gasteiger partial charge in [-0.3, -0.25) is 4.79 Å². The lowest BCUT2D eigenvalue weighted by Crippen LogP contribution is -2.20. The molecule has 0 aliphatic rings. The van der Waals surface area contributed by atoms with Crippen molar-refractivity contribution >= 4 is 17.3 Å². The zero-order valence-electron chi connectivity index (χ0n) is 11.4. The number of anilines is 2. The molecule has 110 valence electrons. The zero-order chi connectivity index (χ0) is 15.2. The Hall–Kier alpha value is -2.76. The van der Waals surface area contributed by atoms with Crippen LogP contribution in [0.1, 0.15) is 0 Å². The molecule has 0 aromatic heterocycles. The van der Waals surface area contributed by atoms with Gasteiger partial charge >= 0.3 is 0 Å². The Morgan fingerprint density at radius 1 is 1.24 bits per heavy atom. The van der Waals surface area contributed by atoms with Crippen LogP contribution in [0.3, 0.4) is 0 Å². The van der Waals surface area contributed by atoms with Crippen molar-refractivity contribution in [1.82, 2.24) is 0 Å². The summed E-state index contributed by atoms with van der Waals surface area (Å²) in [5, 5.41) is 2.63. The molecule has 0 aliphatic heterocycles. The number of rotatable bonds is 5. The molecule has 5 nitrogen and oxygen atoms in total. The number of carbonyl (C=O) groups is 1. The number of ether oxygens (including phenoxy) is 2. The molecule has 0 saturated heterocycles. The highest BCUT2D eigenvalue weighted by molar-refractivity contribution is 5.91. The van der Waals surface area contributed by atoms with Gasteiger partial charge in [0.25, 0.3) is 5.91 Å². The van der Waals surface area contributed by atoms with Crippen molar-refractivity contribution in [3.63, 3.8) is 0 Å². The normalized spacial score (nSPS) is 10.0. The van der Waals surface area contributed by atoms with Gasteiger partial charge in [0.2, 0.25) is 0 Å². The van der Waals surface area contributed by atoms with Crippen LogP contribution >= 0.6 is 0 Å². The zero-order valence-corrected chi connectivity index (χ0v) is 11.4. The Kier molecular flexibility index (Phi) is 4.61. The van der Waals surface area contributed by atoms with E-state index in [-0.39, 0.29) is 12.4 Å². The van der Waals surface area contributed by atoms with Crippen LogP contribution in [0, 0.1) is 5.82 Å². The molecule has 0 spiro atoms. The first-order valence-electron chi connectivity index (χ1n) is 6.20. The lowest BCUT2D eigenvalue weighted by Gasteiger charge is -2.09. The van der Waals surface area contributed by atoms with Gasteiger partial charge in [-0.05, 0) is 36.4 Å². The number of amides is 1. The number of methoxy groups -OCH3 is 1. The fourth-order valence-electron chi connectivity index (χ4n) is 1.65. The maximum Gasteiger partial charge on any atom is 0.262 e. The molecule has 0 heterocycles. The van der Waals surface area contributed by atoms with Crippen LogP contribution in [0.2, 0.25) is 0 Å². The Morgan fingerprint density at radius 2 is 1.95 bits per heavy atom. The minimum absolute atomic E-state index is 0.0194. The summed E-state index contributed by atoms with van der Waals surface area (Å²) in [6.45, 7) is -0.299. The maximum atomic E-state index is 13.5. The number of nitrogen functional groups attached to an aromatic ring is 1. The molecule has 0 aliphatic carbocycles. The smallest absolute Gasteiger partial charge is 0.262 e. The molecule has 1 amide bonds. The summed E-state index contributed by atoms with van der Waals surface area (Å²) in [6, 6.07) is 10.8. The molecular weight excluding hydrogens is 275 g/mol. The second kappa shape index (κ2) is 6.60. The first kappa shape index (κ1) is 14.6. The molecule has 0 atom stereocenters. The van der Waals surface area contributed by atoms with Crippen molar-refractivity contribution in [2.24, 2.45) is 0 Å². The third kappa shape index (κ3) is 4.10. The van der Waals surface area contributed by atoms with Gasteiger partial charge in [-0.2, -0.15) is 0 Å². The van der Waals surface area contributed by atoms with E-state index in [0.717, 1.165) is 6.07 Å². The molecule has 2 aromatic rings. The maximum absolute atomic E-state index is 13.5. The largest absolute Gasteiger partial charge is 0.497 e. The van der Waals surface area contributed by atoms with Crippen LogP contribution in [0.15, 0.2) is 42.5 Å². The van der Waals surface area contributed by atoms with Crippen molar-refractivity contribution in [3.05, 3.63) is 48.3 Å². The molecule has 0 radical (unpaired) electrons. The van der Waals surface area contributed by atoms with Gasteiger partial charge in [0.05, 0.1) is 7.11 Å². The van der Waals surface area contributed by atoms with Gasteiger partial charge in [0, 0.05) is 17.4 Å². The average molecular weight is 290 g/mol. The van der Waals surface area contributed by atoms with Crippen LogP contribution in [0.4, 0.5) is 15.8 Å². The SMILES string of the molecule is COc1ccc(NC(=O)COc2ccc(N)cc2F)cc1. The molecule has 3 N–H and O–H groups in total. The van der Waals surface area contributed by atoms with Gasteiger partial charge in [-0.25, -0.2) is 4.39 Å². The molecular formula is C15H15FN2O3. The molecule has 21 heavy (non-hydrogen) atoms. The molecule has 0 bridgehead atoms. The highest BCUT2D eigenvalue weighted by Gasteiger charge is 2.07. The standard InChI is InChI=1S/C15H15FN2O3/c1-20-12-5-3-11(4-6-12)18-15(19)9-21-14-7-2-10(17)8-13(14)16/h2-8H,9,17H2,1H3,(H,18,19). The number of nitrogens with one attached hydrogen (secondary N) is 1. The Morgan fingerprint density at radius 3 is 2.57 bits per heavy atom. The van der Waals surface area contributed by atoms with E-state index < -0.39 is 11.7 Å². The fraction of sp³-hybridized carbons (Fsp3) is 0.133. The van der Waals surface area contributed by atoms with Crippen molar-refractivity contribution in [1.29, 1.82) is 0 Å². The Bertz CT molecular complexity index is 629. The first-order chi connectivity index (χ1) is 10.1. The minimum Gasteiger partial charge on any atom is -0.497 e. The number of carbonyl (C=O) groups excluding carboxylic acids is 1. The number of halogens is 1. The summed E-state index contributed by atoms with van der Waals surface area (Å²) in [6.07, 6.45) is 0. The summed E-state index contributed by atoms with van der Waals surface area (Å²) in [7, 11) is 1.56. The van der Waals surface area contributed by atoms with Crippen molar-refractivity contribution in [3.8, 4) is 11.5 Å². The van der Waals surface area contributed by atoms with E-state index >= 15 is 0 Å².